The fourth-order valence-electron chi connectivity index (χ4n) is 4.72. The Morgan fingerprint density at radius 1 is 1.17 bits per heavy atom. The summed E-state index contributed by atoms with van der Waals surface area (Å²) in [6, 6.07) is 9.19. The second-order valence-electron chi connectivity index (χ2n) is 8.40. The molecule has 2 atom stereocenters. The largest absolute Gasteiger partial charge is 0.372 e. The minimum absolute atomic E-state index is 0.0237. The van der Waals surface area contributed by atoms with Crippen LogP contribution >= 0.6 is 11.3 Å². The normalized spacial score (nSPS) is 21.7. The number of carbonyl (C=O) groups excluding carboxylic acids is 1. The van der Waals surface area contributed by atoms with E-state index in [0.29, 0.717) is 5.92 Å². The van der Waals surface area contributed by atoms with Gasteiger partial charge >= 0.3 is 0 Å². The van der Waals surface area contributed by atoms with Gasteiger partial charge in [-0.25, -0.2) is 4.98 Å². The smallest absolute Gasteiger partial charge is 0.217 e. The number of benzene rings is 1. The van der Waals surface area contributed by atoms with E-state index in [1.807, 2.05) is 11.6 Å². The van der Waals surface area contributed by atoms with Crippen molar-refractivity contribution in [3.63, 3.8) is 0 Å². The summed E-state index contributed by atoms with van der Waals surface area (Å²) in [5.41, 5.74) is 2.73. The first-order valence-corrected chi connectivity index (χ1v) is 11.8. The van der Waals surface area contributed by atoms with Gasteiger partial charge in [-0.05, 0) is 62.3 Å². The number of rotatable bonds is 6. The van der Waals surface area contributed by atoms with Gasteiger partial charge in [-0.2, -0.15) is 0 Å². The number of aromatic nitrogens is 1. The number of anilines is 1. The summed E-state index contributed by atoms with van der Waals surface area (Å²) in [5.74, 6) is 0.432. The van der Waals surface area contributed by atoms with Crippen LogP contribution in [0.25, 0.3) is 0 Å². The predicted octanol–water partition coefficient (Wildman–Crippen LogP) is 4.22. The van der Waals surface area contributed by atoms with Crippen LogP contribution in [0.2, 0.25) is 0 Å². The zero-order valence-electron chi connectivity index (χ0n) is 17.3. The number of amides is 1. The highest BCUT2D eigenvalue weighted by Crippen LogP contribution is 2.31. The third kappa shape index (κ3) is 5.37. The Kier molecular flexibility index (Phi) is 6.82. The third-order valence-corrected chi connectivity index (χ3v) is 7.01. The second-order valence-corrected chi connectivity index (χ2v) is 9.33. The van der Waals surface area contributed by atoms with E-state index in [1.54, 1.807) is 18.3 Å². The zero-order valence-corrected chi connectivity index (χ0v) is 18.2. The Morgan fingerprint density at radius 2 is 1.97 bits per heavy atom. The molecule has 0 aliphatic carbocycles. The summed E-state index contributed by atoms with van der Waals surface area (Å²) in [6.45, 7) is 7.07. The van der Waals surface area contributed by atoms with Crippen molar-refractivity contribution in [1.82, 2.24) is 15.2 Å². The lowest BCUT2D eigenvalue weighted by Crippen LogP contribution is -2.42. The molecule has 2 fully saturated rings. The van der Waals surface area contributed by atoms with Gasteiger partial charge in [0.05, 0.1) is 6.04 Å². The van der Waals surface area contributed by atoms with Gasteiger partial charge in [-0.15, -0.1) is 11.3 Å². The molecular formula is C23H32N4OS. The molecule has 4 rings (SSSR count). The molecule has 2 aliphatic heterocycles. The Bertz CT molecular complexity index is 771. The Balaban J connectivity index is 1.38. The van der Waals surface area contributed by atoms with Crippen molar-refractivity contribution in [3.8, 4) is 0 Å². The molecule has 1 amide bonds. The quantitative estimate of drug-likeness (QED) is 0.772. The van der Waals surface area contributed by atoms with Gasteiger partial charge in [0, 0.05) is 50.4 Å². The summed E-state index contributed by atoms with van der Waals surface area (Å²) < 4.78 is 0. The van der Waals surface area contributed by atoms with E-state index in [9.17, 15) is 4.79 Å². The molecule has 0 radical (unpaired) electrons. The van der Waals surface area contributed by atoms with E-state index in [-0.39, 0.29) is 11.9 Å². The van der Waals surface area contributed by atoms with E-state index >= 15 is 0 Å². The van der Waals surface area contributed by atoms with Crippen LogP contribution in [0.4, 0.5) is 5.69 Å². The first kappa shape index (κ1) is 20.4. The van der Waals surface area contributed by atoms with E-state index in [4.69, 9.17) is 0 Å². The number of hydrogen-bond acceptors (Lipinski definition) is 5. The van der Waals surface area contributed by atoms with E-state index < -0.39 is 0 Å². The average molecular weight is 413 g/mol. The molecule has 0 bridgehead atoms. The molecule has 1 N–H and O–H groups in total. The van der Waals surface area contributed by atoms with Crippen LogP contribution in [-0.2, 0) is 11.3 Å². The summed E-state index contributed by atoms with van der Waals surface area (Å²) in [5, 5.41) is 6.18. The lowest BCUT2D eigenvalue weighted by atomic mass is 9.90. The van der Waals surface area contributed by atoms with Crippen molar-refractivity contribution in [2.24, 2.45) is 5.92 Å². The number of likely N-dealkylation sites (tertiary alicyclic amines) is 1. The number of piperidine rings is 2. The van der Waals surface area contributed by atoms with E-state index in [2.05, 4.69) is 44.4 Å². The highest BCUT2D eigenvalue weighted by atomic mass is 32.1. The van der Waals surface area contributed by atoms with Crippen molar-refractivity contribution >= 4 is 22.9 Å². The summed E-state index contributed by atoms with van der Waals surface area (Å²) >= 11 is 1.64. The first-order chi connectivity index (χ1) is 14.2. The first-order valence-electron chi connectivity index (χ1n) is 10.9. The van der Waals surface area contributed by atoms with Crippen molar-refractivity contribution in [2.75, 3.05) is 31.1 Å². The van der Waals surface area contributed by atoms with Crippen LogP contribution in [0, 0.1) is 5.92 Å². The monoisotopic (exact) mass is 412 g/mol. The maximum atomic E-state index is 11.8. The lowest BCUT2D eigenvalue weighted by Gasteiger charge is -2.36. The van der Waals surface area contributed by atoms with Crippen LogP contribution in [-0.4, -0.2) is 42.0 Å². The van der Waals surface area contributed by atoms with Gasteiger partial charge in [-0.3, -0.25) is 9.69 Å². The zero-order chi connectivity index (χ0) is 20.1. The van der Waals surface area contributed by atoms with Gasteiger partial charge in [0.15, 0.2) is 0 Å². The van der Waals surface area contributed by atoms with E-state index in [0.717, 1.165) is 37.5 Å². The number of hydrogen-bond donors (Lipinski definition) is 1. The minimum atomic E-state index is 0.0237. The average Bonchev–Trinajstić information content (AvgIpc) is 3.28. The Labute approximate surface area is 178 Å². The summed E-state index contributed by atoms with van der Waals surface area (Å²) in [4.78, 5) is 21.3. The van der Waals surface area contributed by atoms with E-state index in [1.165, 1.54) is 43.6 Å². The van der Waals surface area contributed by atoms with Crippen molar-refractivity contribution in [1.29, 1.82) is 0 Å². The summed E-state index contributed by atoms with van der Waals surface area (Å²) in [6.07, 6.45) is 8.12. The Morgan fingerprint density at radius 3 is 2.66 bits per heavy atom. The van der Waals surface area contributed by atoms with Crippen molar-refractivity contribution in [2.45, 2.75) is 51.6 Å². The van der Waals surface area contributed by atoms with Crippen LogP contribution < -0.4 is 10.2 Å². The van der Waals surface area contributed by atoms with Crippen LogP contribution in [0.3, 0.4) is 0 Å². The fourth-order valence-corrected chi connectivity index (χ4v) is 5.50. The summed E-state index contributed by atoms with van der Waals surface area (Å²) in [7, 11) is 0. The number of nitrogens with zero attached hydrogens (tertiary/aromatic N) is 3. The molecule has 1 aromatic heterocycles. The van der Waals surface area contributed by atoms with Gasteiger partial charge in [-0.1, -0.05) is 12.1 Å². The third-order valence-electron chi connectivity index (χ3n) is 6.15. The molecule has 2 aromatic rings. The minimum Gasteiger partial charge on any atom is -0.372 e. The molecule has 2 saturated heterocycles. The molecule has 156 valence electrons. The standard InChI is InChI=1S/C23H32N4OS/c1-18(28)25-22(23-24-11-15-29-23)20-6-5-12-26(17-20)16-19-7-9-21(10-8-19)27-13-3-2-4-14-27/h7-11,15,20,22H,2-6,12-14,16-17H2,1H3,(H,25,28)/t20-,22+/m0/s1. The van der Waals surface area contributed by atoms with Crippen molar-refractivity contribution < 1.29 is 4.79 Å². The molecule has 0 saturated carbocycles. The van der Waals surface area contributed by atoms with Crippen LogP contribution in [0.15, 0.2) is 35.8 Å². The second kappa shape index (κ2) is 9.72. The maximum Gasteiger partial charge on any atom is 0.217 e. The molecule has 6 heteroatoms. The molecule has 2 aliphatic rings. The molecule has 1 aromatic carbocycles. The number of thiazole rings is 1. The maximum absolute atomic E-state index is 11.8. The topological polar surface area (TPSA) is 48.5 Å². The van der Waals surface area contributed by atoms with Crippen molar-refractivity contribution in [3.05, 3.63) is 46.4 Å². The van der Waals surface area contributed by atoms with Gasteiger partial charge < -0.3 is 10.2 Å². The highest BCUT2D eigenvalue weighted by molar-refractivity contribution is 7.09. The highest BCUT2D eigenvalue weighted by Gasteiger charge is 2.30. The number of carbonyl (C=O) groups is 1. The SMILES string of the molecule is CC(=O)N[C@@H](c1nccs1)[C@H]1CCCN(Cc2ccc(N3CCCCC3)cc2)C1. The van der Waals surface area contributed by atoms with Gasteiger partial charge in [0.2, 0.25) is 5.91 Å². The van der Waals surface area contributed by atoms with Crippen LogP contribution in [0.1, 0.15) is 55.6 Å². The molecule has 29 heavy (non-hydrogen) atoms. The molecular weight excluding hydrogens is 380 g/mol. The van der Waals surface area contributed by atoms with Crippen LogP contribution in [0.5, 0.6) is 0 Å². The number of nitrogens with one attached hydrogen (secondary N) is 1. The molecule has 5 nitrogen and oxygen atoms in total. The molecule has 3 heterocycles. The lowest BCUT2D eigenvalue weighted by molar-refractivity contribution is -0.120. The predicted molar refractivity (Wildman–Crippen MR) is 119 cm³/mol. The fraction of sp³-hybridized carbons (Fsp3) is 0.565. The van der Waals surface area contributed by atoms with Gasteiger partial charge in [0.25, 0.3) is 0 Å². The molecule has 0 spiro atoms. The molecule has 0 unspecified atom stereocenters. The van der Waals surface area contributed by atoms with Gasteiger partial charge in [0.1, 0.15) is 5.01 Å². The Hall–Kier alpha value is -1.92.